The maximum absolute atomic E-state index is 13.6. The second kappa shape index (κ2) is 12.2. The number of morpholine rings is 1. The molecular formula is C26H30AsClFN4O5S. The van der Waals surface area contributed by atoms with Gasteiger partial charge in [0.2, 0.25) is 0 Å². The van der Waals surface area contributed by atoms with Gasteiger partial charge in [0.1, 0.15) is 0 Å². The van der Waals surface area contributed by atoms with Crippen molar-refractivity contribution in [3.05, 3.63) is 47.5 Å². The minimum absolute atomic E-state index is 0.0793. The van der Waals surface area contributed by atoms with E-state index in [1.807, 2.05) is 12.1 Å². The van der Waals surface area contributed by atoms with Crippen LogP contribution < -0.4 is 18.3 Å². The van der Waals surface area contributed by atoms with Crippen molar-refractivity contribution in [2.24, 2.45) is 0 Å². The molecule has 1 aliphatic carbocycles. The first-order chi connectivity index (χ1) is 18.8. The van der Waals surface area contributed by atoms with Crippen LogP contribution in [0.5, 0.6) is 11.5 Å². The van der Waals surface area contributed by atoms with Crippen molar-refractivity contribution in [3.63, 3.8) is 0 Å². The van der Waals surface area contributed by atoms with Crippen LogP contribution in [0.3, 0.4) is 0 Å². The van der Waals surface area contributed by atoms with Crippen LogP contribution >= 0.6 is 11.6 Å². The summed E-state index contributed by atoms with van der Waals surface area (Å²) in [5.41, 5.74) is 0.728. The average molecular weight is 640 g/mol. The molecule has 5 rings (SSSR count). The summed E-state index contributed by atoms with van der Waals surface area (Å²) in [6.45, 7) is 1.62. The zero-order valence-electron chi connectivity index (χ0n) is 21.7. The topological polar surface area (TPSA) is 94.1 Å². The number of ether oxygens (including phenoxy) is 3. The van der Waals surface area contributed by atoms with Gasteiger partial charge in [0.25, 0.3) is 0 Å². The van der Waals surface area contributed by atoms with Crippen LogP contribution in [0, 0.1) is 5.82 Å². The van der Waals surface area contributed by atoms with Crippen LogP contribution in [0.2, 0.25) is 5.02 Å². The van der Waals surface area contributed by atoms with Gasteiger partial charge < -0.3 is 4.74 Å². The number of benzene rings is 2. The molecule has 2 aromatic carbocycles. The Kier molecular flexibility index (Phi) is 8.95. The molecule has 0 amide bonds. The Labute approximate surface area is 239 Å². The summed E-state index contributed by atoms with van der Waals surface area (Å²) in [5.74, 6) is 0.716. The van der Waals surface area contributed by atoms with Crippen LogP contribution in [0.4, 0.5) is 4.39 Å². The number of rotatable bonds is 8. The van der Waals surface area contributed by atoms with Crippen molar-refractivity contribution in [2.75, 3.05) is 40.5 Å². The molecule has 1 aliphatic heterocycles. The summed E-state index contributed by atoms with van der Waals surface area (Å²) in [7, 11) is -0.267. The third kappa shape index (κ3) is 6.34. The molecule has 0 unspecified atom stereocenters. The van der Waals surface area contributed by atoms with Crippen LogP contribution in [-0.2, 0) is 14.9 Å². The third-order valence-corrected chi connectivity index (χ3v) is 11.8. The molecular weight excluding hydrogens is 610 g/mol. The molecule has 2 fully saturated rings. The number of nitrogens with zero attached hydrogens (tertiary/aromatic N) is 4. The molecule has 2 heterocycles. The summed E-state index contributed by atoms with van der Waals surface area (Å²) >= 11 is 5.41. The minimum atomic E-state index is -3.52. The van der Waals surface area contributed by atoms with Crippen LogP contribution in [0.1, 0.15) is 25.7 Å². The fourth-order valence-corrected chi connectivity index (χ4v) is 8.92. The second-order valence-corrected chi connectivity index (χ2v) is 14.3. The third-order valence-electron chi connectivity index (χ3n) is 7.15. The molecule has 1 aromatic heterocycles. The van der Waals surface area contributed by atoms with Crippen molar-refractivity contribution in [1.29, 1.82) is 0 Å². The summed E-state index contributed by atoms with van der Waals surface area (Å²) < 4.78 is 61.9. The molecule has 13 heteroatoms. The fourth-order valence-electron chi connectivity index (χ4n) is 4.92. The van der Waals surface area contributed by atoms with E-state index >= 15 is 0 Å². The van der Waals surface area contributed by atoms with E-state index in [-0.39, 0.29) is 17.2 Å². The molecule has 1 radical (unpaired) electrons. The van der Waals surface area contributed by atoms with Crippen molar-refractivity contribution < 1.29 is 27.0 Å². The first-order valence-corrected chi connectivity index (χ1v) is 16.4. The van der Waals surface area contributed by atoms with Gasteiger partial charge in [-0.15, -0.1) is 0 Å². The monoisotopic (exact) mass is 639 g/mol. The Balaban J connectivity index is 1.30. The predicted octanol–water partition coefficient (Wildman–Crippen LogP) is 2.28. The molecule has 0 N–H and O–H groups in total. The number of methoxy groups -OCH3 is 1. The normalized spacial score (nSPS) is 21.2. The van der Waals surface area contributed by atoms with Crippen LogP contribution in [-0.4, -0.2) is 95.4 Å². The Morgan fingerprint density at radius 2 is 1.85 bits per heavy atom. The SMILES string of the molecule is COc1cc2ncnc([As]c3ccc(F)c(Cl)c3)c2cc1OC1CCC(N(C)S(=O)(=O)N2CCOCC2)CC1. The molecule has 0 bridgehead atoms. The van der Waals surface area contributed by atoms with Crippen molar-refractivity contribution in [1.82, 2.24) is 18.6 Å². The van der Waals surface area contributed by atoms with Crippen LogP contribution in [0.15, 0.2) is 36.7 Å². The molecule has 9 nitrogen and oxygen atoms in total. The predicted molar refractivity (Wildman–Crippen MR) is 148 cm³/mol. The molecule has 2 aliphatic rings. The first-order valence-electron chi connectivity index (χ1n) is 12.7. The molecule has 39 heavy (non-hydrogen) atoms. The number of fused-ring (bicyclic) bond motifs is 1. The Hall–Kier alpha value is -2.01. The second-order valence-electron chi connectivity index (χ2n) is 9.51. The molecule has 1 saturated heterocycles. The van der Waals surface area contributed by atoms with Gasteiger partial charge in [0.15, 0.2) is 0 Å². The van der Waals surface area contributed by atoms with Crippen molar-refractivity contribution >= 4 is 57.3 Å². The van der Waals surface area contributed by atoms with E-state index in [9.17, 15) is 12.8 Å². The van der Waals surface area contributed by atoms with Gasteiger partial charge in [-0.2, -0.15) is 0 Å². The standard InChI is InChI=1S/C26H30AsClFN4O5S/c1-32(39(34,35)33-9-11-37-12-10-33)18-4-6-19(7-5-18)38-25-14-20-23(15-24(25)36-2)30-16-31-26(20)27-17-3-8-22(29)21(28)13-17/h3,8,13-16,18-19H,4-7,9-12H2,1-2H3. The van der Waals surface area contributed by atoms with Crippen molar-refractivity contribution in [3.8, 4) is 11.5 Å². The Bertz CT molecular complexity index is 1440. The molecule has 3 aromatic rings. The number of hydrogen-bond acceptors (Lipinski definition) is 7. The van der Waals surface area contributed by atoms with Gasteiger partial charge in [-0.1, -0.05) is 0 Å². The molecule has 0 atom stereocenters. The van der Waals surface area contributed by atoms with Gasteiger partial charge in [0.05, 0.1) is 13.2 Å². The van der Waals surface area contributed by atoms with Gasteiger partial charge >= 0.3 is 209 Å². The quantitative estimate of drug-likeness (QED) is 0.349. The zero-order valence-corrected chi connectivity index (χ0v) is 25.2. The number of aromatic nitrogens is 2. The fraction of sp³-hybridized carbons (Fsp3) is 0.462. The average Bonchev–Trinajstić information content (AvgIpc) is 2.95. The summed E-state index contributed by atoms with van der Waals surface area (Å²) in [4.78, 5) is 8.92. The first kappa shape index (κ1) is 28.5. The summed E-state index contributed by atoms with van der Waals surface area (Å²) in [6, 6.07) is 8.40. The zero-order chi connectivity index (χ0) is 27.6. The summed E-state index contributed by atoms with van der Waals surface area (Å²) in [5, 5.41) is 0.935. The van der Waals surface area contributed by atoms with E-state index in [0.717, 1.165) is 19.7 Å². The van der Waals surface area contributed by atoms with E-state index in [1.165, 1.54) is 21.0 Å². The van der Waals surface area contributed by atoms with E-state index in [0.29, 0.717) is 63.5 Å². The Morgan fingerprint density at radius 1 is 1.10 bits per heavy atom. The Morgan fingerprint density at radius 3 is 2.54 bits per heavy atom. The van der Waals surface area contributed by atoms with E-state index in [4.69, 9.17) is 25.8 Å². The van der Waals surface area contributed by atoms with Gasteiger partial charge in [-0.05, 0) is 0 Å². The van der Waals surface area contributed by atoms with Crippen LogP contribution in [0.25, 0.3) is 10.9 Å². The van der Waals surface area contributed by atoms with E-state index in [2.05, 4.69) is 9.97 Å². The van der Waals surface area contributed by atoms with E-state index < -0.39 is 31.8 Å². The van der Waals surface area contributed by atoms with E-state index in [1.54, 1.807) is 26.3 Å². The number of halogens is 2. The maximum atomic E-state index is 13.6. The molecule has 1 saturated carbocycles. The van der Waals surface area contributed by atoms with Gasteiger partial charge in [0, 0.05) is 13.1 Å². The summed E-state index contributed by atoms with van der Waals surface area (Å²) in [6.07, 6.45) is 4.26. The molecule has 209 valence electrons. The van der Waals surface area contributed by atoms with Gasteiger partial charge in [-0.3, -0.25) is 0 Å². The van der Waals surface area contributed by atoms with Gasteiger partial charge in [-0.25, -0.2) is 0 Å². The number of hydrogen-bond donors (Lipinski definition) is 0. The van der Waals surface area contributed by atoms with Crippen molar-refractivity contribution in [2.45, 2.75) is 37.8 Å². The molecule has 0 spiro atoms.